The van der Waals surface area contributed by atoms with Crippen molar-refractivity contribution in [1.29, 1.82) is 0 Å². The number of amides is 1. The van der Waals surface area contributed by atoms with E-state index < -0.39 is 0 Å². The summed E-state index contributed by atoms with van der Waals surface area (Å²) in [7, 11) is 3.50. The number of fused-ring (bicyclic) bond motifs is 1. The molecule has 6 nitrogen and oxygen atoms in total. The molecule has 2 N–H and O–H groups in total. The summed E-state index contributed by atoms with van der Waals surface area (Å²) in [5, 5.41) is 7.07. The summed E-state index contributed by atoms with van der Waals surface area (Å²) in [6, 6.07) is 10.6. The Morgan fingerprint density at radius 3 is 2.64 bits per heavy atom. The lowest BCUT2D eigenvalue weighted by atomic mass is 9.57. The van der Waals surface area contributed by atoms with Crippen molar-refractivity contribution in [3.8, 4) is 0 Å². The van der Waals surface area contributed by atoms with Crippen LogP contribution in [0.15, 0.2) is 35.3 Å². The highest BCUT2D eigenvalue weighted by Crippen LogP contribution is 2.52. The first-order chi connectivity index (χ1) is 12.8. The Kier molecular flexibility index (Phi) is 7.73. The Labute approximate surface area is 185 Å². The smallest absolute Gasteiger partial charge is 0.243 e. The van der Waals surface area contributed by atoms with E-state index in [1.807, 2.05) is 18.2 Å². The molecule has 3 rings (SSSR count). The van der Waals surface area contributed by atoms with Gasteiger partial charge in [0.05, 0.1) is 12.1 Å². The average molecular weight is 500 g/mol. The van der Waals surface area contributed by atoms with Gasteiger partial charge < -0.3 is 20.3 Å². The lowest BCUT2D eigenvalue weighted by Gasteiger charge is -2.55. The normalized spacial score (nSPS) is 26.3. The lowest BCUT2D eigenvalue weighted by molar-refractivity contribution is -0.127. The fraction of sp³-hybridized carbons (Fsp3) is 0.619. The maximum atomic E-state index is 12.0. The summed E-state index contributed by atoms with van der Waals surface area (Å²) < 4.78 is 5.90. The molecule has 1 aromatic rings. The first-order valence-electron chi connectivity index (χ1n) is 9.75. The van der Waals surface area contributed by atoms with Crippen LogP contribution in [0.5, 0.6) is 0 Å². The second-order valence-corrected chi connectivity index (χ2v) is 8.42. The van der Waals surface area contributed by atoms with Crippen LogP contribution in [0.2, 0.25) is 0 Å². The third kappa shape index (κ3) is 4.79. The molecule has 0 bridgehead atoms. The molecule has 156 valence electrons. The van der Waals surface area contributed by atoms with Gasteiger partial charge in [-0.2, -0.15) is 0 Å². The van der Waals surface area contributed by atoms with Crippen LogP contribution in [0.4, 0.5) is 0 Å². The Morgan fingerprint density at radius 1 is 1.32 bits per heavy atom. The standard InChI is InChI=1S/C21H32N4O2.HI/c1-14(15-9-7-6-8-10-15)23-20(22-13-17(26)25(4)5)24-18-16-11-12-27-19(16)21(18,2)3;/h6-10,14,16,18-19H,11-13H2,1-5H3,(H2,22,23,24);1H. The van der Waals surface area contributed by atoms with E-state index in [4.69, 9.17) is 4.74 Å². The van der Waals surface area contributed by atoms with Gasteiger partial charge in [-0.1, -0.05) is 44.2 Å². The van der Waals surface area contributed by atoms with Crippen LogP contribution < -0.4 is 10.6 Å². The van der Waals surface area contributed by atoms with Crippen molar-refractivity contribution in [3.05, 3.63) is 35.9 Å². The number of hydrogen-bond donors (Lipinski definition) is 2. The van der Waals surface area contributed by atoms with Gasteiger partial charge in [-0.25, -0.2) is 4.99 Å². The van der Waals surface area contributed by atoms with E-state index in [2.05, 4.69) is 48.5 Å². The number of ether oxygens (including phenoxy) is 1. The number of carbonyl (C=O) groups excluding carboxylic acids is 1. The Bertz CT molecular complexity index is 693. The number of likely N-dealkylation sites (N-methyl/N-ethyl adjacent to an activating group) is 1. The zero-order valence-corrected chi connectivity index (χ0v) is 19.8. The van der Waals surface area contributed by atoms with Gasteiger partial charge in [-0.3, -0.25) is 4.79 Å². The molecule has 1 aliphatic heterocycles. The monoisotopic (exact) mass is 500 g/mol. The van der Waals surface area contributed by atoms with Crippen molar-refractivity contribution in [1.82, 2.24) is 15.5 Å². The molecule has 1 saturated heterocycles. The van der Waals surface area contributed by atoms with E-state index >= 15 is 0 Å². The van der Waals surface area contributed by atoms with Crippen molar-refractivity contribution >= 4 is 35.8 Å². The van der Waals surface area contributed by atoms with E-state index in [0.717, 1.165) is 13.0 Å². The van der Waals surface area contributed by atoms with Gasteiger partial charge in [0.15, 0.2) is 5.96 Å². The molecule has 0 aromatic heterocycles. The second kappa shape index (κ2) is 9.43. The number of rotatable bonds is 5. The largest absolute Gasteiger partial charge is 0.377 e. The highest BCUT2D eigenvalue weighted by Gasteiger charge is 2.59. The lowest BCUT2D eigenvalue weighted by Crippen LogP contribution is -2.68. The van der Waals surface area contributed by atoms with E-state index in [0.29, 0.717) is 18.0 Å². The second-order valence-electron chi connectivity index (χ2n) is 8.42. The van der Waals surface area contributed by atoms with Gasteiger partial charge in [0.25, 0.3) is 0 Å². The van der Waals surface area contributed by atoms with Crippen LogP contribution in [-0.4, -0.2) is 56.2 Å². The SMILES string of the molecule is CC(NC(=NCC(=O)N(C)C)NC1C2CCOC2C1(C)C)c1ccccc1.I. The minimum Gasteiger partial charge on any atom is -0.377 e. The molecule has 1 amide bonds. The third-order valence-electron chi connectivity index (χ3n) is 5.92. The van der Waals surface area contributed by atoms with Crippen molar-refractivity contribution in [2.24, 2.45) is 16.3 Å². The predicted molar refractivity (Wildman–Crippen MR) is 123 cm³/mol. The van der Waals surface area contributed by atoms with E-state index in [-0.39, 0.29) is 53.9 Å². The van der Waals surface area contributed by atoms with Crippen molar-refractivity contribution in [2.45, 2.75) is 45.4 Å². The fourth-order valence-corrected chi connectivity index (χ4v) is 4.22. The zero-order chi connectivity index (χ0) is 19.6. The third-order valence-corrected chi connectivity index (χ3v) is 5.92. The van der Waals surface area contributed by atoms with Gasteiger partial charge in [-0.15, -0.1) is 24.0 Å². The maximum absolute atomic E-state index is 12.0. The molecule has 0 radical (unpaired) electrons. The minimum absolute atomic E-state index is 0. The molecular weight excluding hydrogens is 467 g/mol. The van der Waals surface area contributed by atoms with Crippen LogP contribution >= 0.6 is 24.0 Å². The van der Waals surface area contributed by atoms with Gasteiger partial charge in [-0.05, 0) is 18.9 Å². The molecular formula is C21H33IN4O2. The van der Waals surface area contributed by atoms with Gasteiger partial charge >= 0.3 is 0 Å². The summed E-state index contributed by atoms with van der Waals surface area (Å²) in [5.74, 6) is 1.17. The number of nitrogens with zero attached hydrogens (tertiary/aromatic N) is 2. The Hall–Kier alpha value is -1.35. The average Bonchev–Trinajstić information content (AvgIpc) is 3.11. The molecule has 1 saturated carbocycles. The molecule has 7 heteroatoms. The fourth-order valence-electron chi connectivity index (χ4n) is 4.22. The van der Waals surface area contributed by atoms with Gasteiger partial charge in [0.1, 0.15) is 6.54 Å². The number of hydrogen-bond acceptors (Lipinski definition) is 3. The van der Waals surface area contributed by atoms with Crippen LogP contribution in [0.1, 0.15) is 38.8 Å². The maximum Gasteiger partial charge on any atom is 0.243 e. The van der Waals surface area contributed by atoms with Crippen LogP contribution in [-0.2, 0) is 9.53 Å². The number of halogens is 1. The molecule has 1 aromatic carbocycles. The number of guanidine groups is 1. The number of benzene rings is 1. The topological polar surface area (TPSA) is 66.0 Å². The molecule has 4 unspecified atom stereocenters. The highest BCUT2D eigenvalue weighted by molar-refractivity contribution is 14.0. The summed E-state index contributed by atoms with van der Waals surface area (Å²) >= 11 is 0. The Balaban J connectivity index is 0.00000280. The molecule has 2 aliphatic rings. The van der Waals surface area contributed by atoms with E-state index in [9.17, 15) is 4.79 Å². The van der Waals surface area contributed by atoms with Gasteiger partial charge in [0.2, 0.25) is 5.91 Å². The first kappa shape index (κ1) is 22.9. The molecule has 0 spiro atoms. The van der Waals surface area contributed by atoms with Gasteiger partial charge in [0, 0.05) is 38.1 Å². The summed E-state index contributed by atoms with van der Waals surface area (Å²) in [4.78, 5) is 18.2. The quantitative estimate of drug-likeness (QED) is 0.371. The molecule has 28 heavy (non-hydrogen) atoms. The number of carbonyl (C=O) groups is 1. The van der Waals surface area contributed by atoms with Crippen molar-refractivity contribution < 1.29 is 9.53 Å². The Morgan fingerprint density at radius 2 is 2.00 bits per heavy atom. The highest BCUT2D eigenvalue weighted by atomic mass is 127. The molecule has 4 atom stereocenters. The van der Waals surface area contributed by atoms with Crippen LogP contribution in [0.3, 0.4) is 0 Å². The van der Waals surface area contributed by atoms with Crippen LogP contribution in [0.25, 0.3) is 0 Å². The summed E-state index contributed by atoms with van der Waals surface area (Å²) in [6.07, 6.45) is 1.38. The summed E-state index contributed by atoms with van der Waals surface area (Å²) in [6.45, 7) is 7.53. The minimum atomic E-state index is -0.0154. The molecule has 1 aliphatic carbocycles. The van der Waals surface area contributed by atoms with Crippen molar-refractivity contribution in [2.75, 3.05) is 27.2 Å². The summed E-state index contributed by atoms with van der Waals surface area (Å²) in [5.41, 5.74) is 1.23. The molecule has 1 heterocycles. The first-order valence-corrected chi connectivity index (χ1v) is 9.75. The predicted octanol–water partition coefficient (Wildman–Crippen LogP) is 2.80. The molecule has 2 fully saturated rings. The van der Waals surface area contributed by atoms with Crippen LogP contribution in [0, 0.1) is 11.3 Å². The van der Waals surface area contributed by atoms with E-state index in [1.54, 1.807) is 19.0 Å². The zero-order valence-electron chi connectivity index (χ0n) is 17.4. The number of nitrogens with one attached hydrogen (secondary N) is 2. The number of aliphatic imine (C=N–C) groups is 1. The van der Waals surface area contributed by atoms with Crippen molar-refractivity contribution in [3.63, 3.8) is 0 Å². The van der Waals surface area contributed by atoms with E-state index in [1.165, 1.54) is 5.56 Å².